The molecule has 0 fully saturated rings. The van der Waals surface area contributed by atoms with Gasteiger partial charge in [-0.15, -0.1) is 11.6 Å². The molecule has 30 heavy (non-hydrogen) atoms. The first-order valence-electron chi connectivity index (χ1n) is 8.19. The lowest BCUT2D eigenvalue weighted by atomic mass is 10.2. The number of amides is 2. The Kier molecular flexibility index (Phi) is 7.72. The molecule has 14 heteroatoms. The molecule has 12 nitrogen and oxygen atoms in total. The molecule has 2 aromatic heterocycles. The Balaban J connectivity index is 2.27. The number of halogens is 1. The zero-order valence-corrected chi connectivity index (χ0v) is 17.7. The van der Waals surface area contributed by atoms with Crippen LogP contribution in [-0.4, -0.2) is 55.5 Å². The van der Waals surface area contributed by atoms with Crippen molar-refractivity contribution in [1.82, 2.24) is 19.7 Å². The largest absolute Gasteiger partial charge is 0.481 e. The van der Waals surface area contributed by atoms with Gasteiger partial charge in [0.25, 0.3) is 10.0 Å². The number of nitrogens with zero attached hydrogens (tertiary/aromatic N) is 3. The van der Waals surface area contributed by atoms with Gasteiger partial charge in [-0.05, 0) is 6.07 Å². The molecule has 2 rings (SSSR count). The molecule has 0 bridgehead atoms. The first-order chi connectivity index (χ1) is 14.2. The smallest absolute Gasteiger partial charge is 0.335 e. The molecule has 0 aliphatic heterocycles. The summed E-state index contributed by atoms with van der Waals surface area (Å²) in [5, 5.41) is 1.63. The molecule has 0 aromatic carbocycles. The topological polar surface area (TPSA) is 159 Å². The van der Waals surface area contributed by atoms with E-state index < -0.39 is 33.2 Å². The number of hydrogen-bond donors (Lipinski definition) is 2. The first kappa shape index (κ1) is 23.1. The summed E-state index contributed by atoms with van der Waals surface area (Å²) in [6, 6.07) is 3.00. The van der Waals surface area contributed by atoms with E-state index >= 15 is 0 Å². The molecule has 0 aliphatic carbocycles. The fourth-order valence-corrected chi connectivity index (χ4v) is 3.55. The van der Waals surface area contributed by atoms with Crippen LogP contribution in [0.2, 0.25) is 0 Å². The third kappa shape index (κ3) is 5.90. The average Bonchev–Trinajstić information content (AvgIpc) is 2.70. The number of methoxy groups -OCH3 is 2. The summed E-state index contributed by atoms with van der Waals surface area (Å²) in [5.74, 6) is -0.990. The number of carbonyl (C=O) groups is 2. The average molecular weight is 460 g/mol. The number of carbonyl (C=O) groups excluding carboxylic acids is 2. The van der Waals surface area contributed by atoms with Crippen molar-refractivity contribution in [3.8, 4) is 11.8 Å². The SMILES string of the molecule is COc1cc(OC)nc(NC(=O)NS(=O)(=O)c2ncccc2C(CCl)OC(C)=O)n1. The first-order valence-corrected chi connectivity index (χ1v) is 10.2. The standard InChI is InChI=1S/C16H18ClN5O7S/c1-9(23)29-11(8-17)10-5-4-6-18-14(10)30(25,26)22-16(24)21-15-19-12(27-2)7-13(20-15)28-3/h4-7,11H,8H2,1-3H3,(H2,19,20,21,22,24). The predicted octanol–water partition coefficient (Wildman–Crippen LogP) is 1.24. The molecule has 0 saturated heterocycles. The van der Waals surface area contributed by atoms with Gasteiger partial charge in [0.15, 0.2) is 5.03 Å². The minimum Gasteiger partial charge on any atom is -0.481 e. The minimum atomic E-state index is -4.47. The molecule has 2 heterocycles. The van der Waals surface area contributed by atoms with E-state index in [-0.39, 0.29) is 29.2 Å². The number of urea groups is 1. The number of aromatic nitrogens is 3. The van der Waals surface area contributed by atoms with E-state index in [1.807, 2.05) is 0 Å². The molecular formula is C16H18ClN5O7S. The highest BCUT2D eigenvalue weighted by Crippen LogP contribution is 2.25. The highest BCUT2D eigenvalue weighted by Gasteiger charge is 2.28. The fraction of sp³-hybridized carbons (Fsp3) is 0.312. The summed E-state index contributed by atoms with van der Waals surface area (Å²) >= 11 is 5.80. The van der Waals surface area contributed by atoms with Gasteiger partial charge in [-0.3, -0.25) is 10.1 Å². The maximum Gasteiger partial charge on any atom is 0.335 e. The Morgan fingerprint density at radius 3 is 2.37 bits per heavy atom. The van der Waals surface area contributed by atoms with Crippen molar-refractivity contribution in [2.75, 3.05) is 25.4 Å². The van der Waals surface area contributed by atoms with Crippen molar-refractivity contribution < 1.29 is 32.2 Å². The summed E-state index contributed by atoms with van der Waals surface area (Å²) in [5.41, 5.74) is 0.00213. The molecule has 0 radical (unpaired) electrons. The van der Waals surface area contributed by atoms with Crippen molar-refractivity contribution >= 4 is 39.6 Å². The van der Waals surface area contributed by atoms with Crippen LogP contribution < -0.4 is 19.5 Å². The van der Waals surface area contributed by atoms with Crippen LogP contribution in [0.1, 0.15) is 18.6 Å². The van der Waals surface area contributed by atoms with Crippen molar-refractivity contribution in [1.29, 1.82) is 0 Å². The van der Waals surface area contributed by atoms with E-state index in [2.05, 4.69) is 20.3 Å². The Hall–Kier alpha value is -3.19. The molecule has 0 saturated carbocycles. The summed E-state index contributed by atoms with van der Waals surface area (Å²) < 4.78 is 42.1. The van der Waals surface area contributed by atoms with Crippen LogP contribution in [0.3, 0.4) is 0 Å². The quantitative estimate of drug-likeness (QED) is 0.434. The van der Waals surface area contributed by atoms with Crippen LogP contribution in [0, 0.1) is 0 Å². The zero-order valence-electron chi connectivity index (χ0n) is 16.1. The predicted molar refractivity (Wildman–Crippen MR) is 104 cm³/mol. The second-order valence-corrected chi connectivity index (χ2v) is 7.39. The number of sulfonamides is 1. The van der Waals surface area contributed by atoms with Crippen molar-refractivity contribution in [3.05, 3.63) is 30.0 Å². The van der Waals surface area contributed by atoms with Crippen LogP contribution in [0.25, 0.3) is 0 Å². The molecule has 1 atom stereocenters. The zero-order chi connectivity index (χ0) is 22.3. The van der Waals surface area contributed by atoms with Gasteiger partial charge in [-0.1, -0.05) is 6.07 Å². The third-order valence-electron chi connectivity index (χ3n) is 3.40. The number of hydrogen-bond acceptors (Lipinski definition) is 10. The van der Waals surface area contributed by atoms with Crippen molar-refractivity contribution in [3.63, 3.8) is 0 Å². The normalized spacial score (nSPS) is 11.9. The minimum absolute atomic E-state index is 0.00213. The van der Waals surface area contributed by atoms with Gasteiger partial charge in [0.1, 0.15) is 6.10 Å². The monoisotopic (exact) mass is 459 g/mol. The summed E-state index contributed by atoms with van der Waals surface area (Å²) in [6.45, 7) is 1.15. The molecule has 1 unspecified atom stereocenters. The molecule has 2 amide bonds. The van der Waals surface area contributed by atoms with Crippen molar-refractivity contribution in [2.24, 2.45) is 0 Å². The van der Waals surface area contributed by atoms with Crippen LogP contribution >= 0.6 is 11.6 Å². The molecule has 162 valence electrons. The Morgan fingerprint density at radius 1 is 1.20 bits per heavy atom. The van der Waals surface area contributed by atoms with Gasteiger partial charge in [0.05, 0.1) is 26.2 Å². The van der Waals surface area contributed by atoms with Crippen LogP contribution in [0.4, 0.5) is 10.7 Å². The maximum absolute atomic E-state index is 12.7. The lowest BCUT2D eigenvalue weighted by Gasteiger charge is -2.17. The Morgan fingerprint density at radius 2 is 1.83 bits per heavy atom. The van der Waals surface area contributed by atoms with E-state index in [0.29, 0.717) is 0 Å². The van der Waals surface area contributed by atoms with Gasteiger partial charge in [0, 0.05) is 18.7 Å². The van der Waals surface area contributed by atoms with Crippen molar-refractivity contribution in [2.45, 2.75) is 18.1 Å². The molecule has 2 aromatic rings. The Labute approximate surface area is 177 Å². The number of anilines is 1. The van der Waals surface area contributed by atoms with E-state index in [0.717, 1.165) is 6.92 Å². The third-order valence-corrected chi connectivity index (χ3v) is 4.98. The Bertz CT molecular complexity index is 1010. The van der Waals surface area contributed by atoms with Gasteiger partial charge >= 0.3 is 12.0 Å². The fourth-order valence-electron chi connectivity index (χ4n) is 2.22. The van der Waals surface area contributed by atoms with Gasteiger partial charge in [-0.25, -0.2) is 14.5 Å². The van der Waals surface area contributed by atoms with E-state index in [9.17, 15) is 18.0 Å². The van der Waals surface area contributed by atoms with Gasteiger partial charge < -0.3 is 14.2 Å². The number of rotatable bonds is 8. The number of pyridine rings is 1. The highest BCUT2D eigenvalue weighted by atomic mass is 35.5. The number of ether oxygens (including phenoxy) is 3. The van der Waals surface area contributed by atoms with E-state index in [1.165, 1.54) is 38.6 Å². The summed E-state index contributed by atoms with van der Waals surface area (Å²) in [6.07, 6.45) is 0.115. The van der Waals surface area contributed by atoms with E-state index in [4.69, 9.17) is 25.8 Å². The van der Waals surface area contributed by atoms with Gasteiger partial charge in [-0.2, -0.15) is 18.4 Å². The lowest BCUT2D eigenvalue weighted by molar-refractivity contribution is -0.145. The van der Waals surface area contributed by atoms with Gasteiger partial charge in [0.2, 0.25) is 17.7 Å². The molecule has 0 aliphatic rings. The molecular weight excluding hydrogens is 442 g/mol. The van der Waals surface area contributed by atoms with Crippen LogP contribution in [0.5, 0.6) is 11.8 Å². The molecule has 0 spiro atoms. The molecule has 2 N–H and O–H groups in total. The second kappa shape index (κ2) is 10.0. The maximum atomic E-state index is 12.7. The number of esters is 1. The highest BCUT2D eigenvalue weighted by molar-refractivity contribution is 7.90. The summed E-state index contributed by atoms with van der Waals surface area (Å²) in [4.78, 5) is 35.0. The lowest BCUT2D eigenvalue weighted by Crippen LogP contribution is -2.36. The van der Waals surface area contributed by atoms with Crippen LogP contribution in [0.15, 0.2) is 29.4 Å². The number of alkyl halides is 1. The van der Waals surface area contributed by atoms with Crippen LogP contribution in [-0.2, 0) is 19.6 Å². The summed E-state index contributed by atoms with van der Waals surface area (Å²) in [7, 11) is -1.79. The van der Waals surface area contributed by atoms with E-state index in [1.54, 1.807) is 4.72 Å². The second-order valence-electron chi connectivity index (χ2n) is 5.49. The number of nitrogens with one attached hydrogen (secondary N) is 2.